The molecule has 0 aromatic carbocycles. The van der Waals surface area contributed by atoms with E-state index < -0.39 is 15.3 Å². The lowest BCUT2D eigenvalue weighted by Crippen LogP contribution is -2.30. The van der Waals surface area contributed by atoms with E-state index in [0.717, 1.165) is 19.3 Å². The smallest absolute Gasteiger partial charge is 0.238 e. The molecular formula is C8H11NO3S. The van der Waals surface area contributed by atoms with Gasteiger partial charge in [-0.25, -0.2) is 8.42 Å². The number of sulfonamides is 1. The Bertz CT molecular complexity index is 375. The third-order valence-corrected chi connectivity index (χ3v) is 5.62. The first-order chi connectivity index (χ1) is 6.09. The molecule has 72 valence electrons. The third kappa shape index (κ3) is 0.808. The molecule has 1 aliphatic heterocycles. The molecule has 4 unspecified atom stereocenters. The molecule has 2 saturated carbocycles. The molecule has 1 N–H and O–H groups in total. The first kappa shape index (κ1) is 7.79. The Balaban J connectivity index is 2.11. The van der Waals surface area contributed by atoms with E-state index in [1.165, 1.54) is 0 Å². The highest BCUT2D eigenvalue weighted by atomic mass is 32.2. The number of amides is 1. The second-order valence-electron chi connectivity index (χ2n) is 4.33. The van der Waals surface area contributed by atoms with Crippen molar-refractivity contribution in [2.75, 3.05) is 0 Å². The standard InChI is InChI=1S/C8H11NO3S/c10-8-6-4-1-2-5(3-4)7(6)13(11,12)9-8/h4-7H,1-3H2,(H,9,10). The fraction of sp³-hybridized carbons (Fsp3) is 0.875. The van der Waals surface area contributed by atoms with Gasteiger partial charge in [0.15, 0.2) is 0 Å². The number of carbonyl (C=O) groups excluding carboxylic acids is 1. The van der Waals surface area contributed by atoms with E-state index in [1.807, 2.05) is 0 Å². The lowest BCUT2D eigenvalue weighted by Gasteiger charge is -2.19. The first-order valence-corrected chi connectivity index (χ1v) is 6.20. The van der Waals surface area contributed by atoms with Crippen molar-refractivity contribution in [3.8, 4) is 0 Å². The van der Waals surface area contributed by atoms with E-state index in [-0.39, 0.29) is 17.7 Å². The monoisotopic (exact) mass is 201 g/mol. The van der Waals surface area contributed by atoms with Gasteiger partial charge in [-0.3, -0.25) is 9.52 Å². The van der Waals surface area contributed by atoms with Gasteiger partial charge in [0.25, 0.3) is 0 Å². The van der Waals surface area contributed by atoms with E-state index in [9.17, 15) is 13.2 Å². The maximum Gasteiger partial charge on any atom is 0.238 e. The summed E-state index contributed by atoms with van der Waals surface area (Å²) in [7, 11) is -3.30. The number of hydrogen-bond donors (Lipinski definition) is 1. The minimum Gasteiger partial charge on any atom is -0.274 e. The zero-order valence-corrected chi connectivity index (χ0v) is 7.88. The molecule has 0 spiro atoms. The largest absolute Gasteiger partial charge is 0.274 e. The lowest BCUT2D eigenvalue weighted by atomic mass is 9.88. The van der Waals surface area contributed by atoms with Gasteiger partial charge in [-0.05, 0) is 31.1 Å². The molecule has 0 aromatic heterocycles. The molecule has 1 heterocycles. The summed E-state index contributed by atoms with van der Waals surface area (Å²) in [6, 6.07) is 0. The number of nitrogens with one attached hydrogen (secondary N) is 1. The van der Waals surface area contributed by atoms with Crippen molar-refractivity contribution in [1.29, 1.82) is 0 Å². The van der Waals surface area contributed by atoms with Gasteiger partial charge in [0.1, 0.15) is 0 Å². The van der Waals surface area contributed by atoms with Crippen molar-refractivity contribution >= 4 is 15.9 Å². The summed E-state index contributed by atoms with van der Waals surface area (Å²) in [5, 5.41) is -0.390. The van der Waals surface area contributed by atoms with Crippen LogP contribution < -0.4 is 4.72 Å². The average Bonchev–Trinajstić information content (AvgIpc) is 2.63. The second-order valence-corrected chi connectivity index (χ2v) is 6.17. The number of rotatable bonds is 0. The topological polar surface area (TPSA) is 63.2 Å². The van der Waals surface area contributed by atoms with Crippen LogP contribution in [0.25, 0.3) is 0 Å². The highest BCUT2D eigenvalue weighted by Gasteiger charge is 2.60. The molecule has 3 fully saturated rings. The first-order valence-electron chi connectivity index (χ1n) is 4.65. The Morgan fingerprint density at radius 2 is 1.92 bits per heavy atom. The minimum atomic E-state index is -3.30. The van der Waals surface area contributed by atoms with Gasteiger partial charge >= 0.3 is 0 Å². The van der Waals surface area contributed by atoms with Gasteiger partial charge in [0.05, 0.1) is 11.2 Å². The van der Waals surface area contributed by atoms with Crippen molar-refractivity contribution in [2.24, 2.45) is 17.8 Å². The number of hydrogen-bond acceptors (Lipinski definition) is 3. The lowest BCUT2D eigenvalue weighted by molar-refractivity contribution is -0.123. The summed E-state index contributed by atoms with van der Waals surface area (Å²) in [5.41, 5.74) is 0. The summed E-state index contributed by atoms with van der Waals surface area (Å²) in [6.07, 6.45) is 2.97. The van der Waals surface area contributed by atoms with Crippen LogP contribution in [0, 0.1) is 17.8 Å². The minimum absolute atomic E-state index is 0.219. The Hall–Kier alpha value is -0.580. The fourth-order valence-electron chi connectivity index (χ4n) is 3.32. The summed E-state index contributed by atoms with van der Waals surface area (Å²) in [4.78, 5) is 11.4. The van der Waals surface area contributed by atoms with Crippen LogP contribution in [-0.4, -0.2) is 19.6 Å². The molecular weight excluding hydrogens is 190 g/mol. The molecule has 1 amide bonds. The highest BCUT2D eigenvalue weighted by molar-refractivity contribution is 7.91. The number of carbonyl (C=O) groups is 1. The molecule has 5 heteroatoms. The summed E-state index contributed by atoms with van der Waals surface area (Å²) in [6.45, 7) is 0. The molecule has 2 aliphatic carbocycles. The van der Waals surface area contributed by atoms with Crippen LogP contribution in [0.15, 0.2) is 0 Å². The molecule has 3 rings (SSSR count). The second kappa shape index (κ2) is 2.08. The van der Waals surface area contributed by atoms with E-state index in [2.05, 4.69) is 4.72 Å². The van der Waals surface area contributed by atoms with Crippen LogP contribution in [0.1, 0.15) is 19.3 Å². The highest BCUT2D eigenvalue weighted by Crippen LogP contribution is 2.53. The molecule has 1 saturated heterocycles. The zero-order chi connectivity index (χ0) is 9.22. The van der Waals surface area contributed by atoms with Gasteiger partial charge in [0.2, 0.25) is 15.9 Å². The molecule has 4 nitrogen and oxygen atoms in total. The van der Waals surface area contributed by atoms with Crippen LogP contribution in [0.5, 0.6) is 0 Å². The van der Waals surface area contributed by atoms with Crippen LogP contribution in [-0.2, 0) is 14.8 Å². The van der Waals surface area contributed by atoms with Crippen LogP contribution in [0.2, 0.25) is 0 Å². The van der Waals surface area contributed by atoms with Crippen molar-refractivity contribution in [3.05, 3.63) is 0 Å². The summed E-state index contributed by atoms with van der Waals surface area (Å²) < 4.78 is 25.2. The quantitative estimate of drug-likeness (QED) is 0.593. The maximum atomic E-state index is 11.5. The van der Waals surface area contributed by atoms with Crippen molar-refractivity contribution in [2.45, 2.75) is 24.5 Å². The van der Waals surface area contributed by atoms with E-state index in [0.29, 0.717) is 5.92 Å². The third-order valence-electron chi connectivity index (χ3n) is 3.74. The Kier molecular flexibility index (Phi) is 1.25. The Labute approximate surface area is 76.7 Å². The predicted molar refractivity (Wildman–Crippen MR) is 45.2 cm³/mol. The average molecular weight is 201 g/mol. The van der Waals surface area contributed by atoms with Crippen LogP contribution >= 0.6 is 0 Å². The Morgan fingerprint density at radius 1 is 1.23 bits per heavy atom. The maximum absolute atomic E-state index is 11.5. The molecule has 13 heavy (non-hydrogen) atoms. The Morgan fingerprint density at radius 3 is 2.62 bits per heavy atom. The molecule has 0 radical (unpaired) electrons. The van der Waals surface area contributed by atoms with Crippen molar-refractivity contribution in [3.63, 3.8) is 0 Å². The van der Waals surface area contributed by atoms with Crippen molar-refractivity contribution in [1.82, 2.24) is 4.72 Å². The molecule has 4 atom stereocenters. The van der Waals surface area contributed by atoms with Gasteiger partial charge in [-0.15, -0.1) is 0 Å². The normalized spacial score (nSPS) is 50.6. The summed E-state index contributed by atoms with van der Waals surface area (Å²) >= 11 is 0. The number of fused-ring (bicyclic) bond motifs is 5. The summed E-state index contributed by atoms with van der Waals surface area (Å²) in [5.74, 6) is 0.118. The van der Waals surface area contributed by atoms with Gasteiger partial charge in [0, 0.05) is 0 Å². The van der Waals surface area contributed by atoms with Gasteiger partial charge in [-0.1, -0.05) is 0 Å². The van der Waals surface area contributed by atoms with Crippen LogP contribution in [0.3, 0.4) is 0 Å². The van der Waals surface area contributed by atoms with Gasteiger partial charge in [-0.2, -0.15) is 0 Å². The van der Waals surface area contributed by atoms with E-state index in [4.69, 9.17) is 0 Å². The molecule has 0 aromatic rings. The predicted octanol–water partition coefficient (Wildman–Crippen LogP) is -0.139. The van der Waals surface area contributed by atoms with Gasteiger partial charge < -0.3 is 0 Å². The van der Waals surface area contributed by atoms with Crippen molar-refractivity contribution < 1.29 is 13.2 Å². The fourth-order valence-corrected chi connectivity index (χ4v) is 5.36. The molecule has 3 aliphatic rings. The molecule has 2 bridgehead atoms. The zero-order valence-electron chi connectivity index (χ0n) is 7.06. The van der Waals surface area contributed by atoms with E-state index in [1.54, 1.807) is 0 Å². The van der Waals surface area contributed by atoms with E-state index >= 15 is 0 Å². The SMILES string of the molecule is O=C1NS(=O)(=O)C2C3CCC(C3)C12. The van der Waals surface area contributed by atoms with Crippen LogP contribution in [0.4, 0.5) is 0 Å².